The van der Waals surface area contributed by atoms with Crippen molar-refractivity contribution in [3.05, 3.63) is 11.6 Å². The number of rotatable bonds is 0. The van der Waals surface area contributed by atoms with E-state index in [4.69, 9.17) is 0 Å². The van der Waals surface area contributed by atoms with Crippen LogP contribution in [0.25, 0.3) is 0 Å². The van der Waals surface area contributed by atoms with Gasteiger partial charge in [0.05, 0.1) is 18.1 Å². The Morgan fingerprint density at radius 2 is 1.82 bits per heavy atom. The van der Waals surface area contributed by atoms with E-state index in [9.17, 15) is 24.9 Å². The molecule has 17 heavy (non-hydrogen) atoms. The molecule has 5 atom stereocenters. The van der Waals surface area contributed by atoms with E-state index in [0.29, 0.717) is 5.57 Å². The van der Waals surface area contributed by atoms with Crippen molar-refractivity contribution < 1.29 is 24.9 Å². The highest BCUT2D eigenvalue weighted by molar-refractivity contribution is 6.12. The summed E-state index contributed by atoms with van der Waals surface area (Å²) >= 11 is 0. The molecule has 0 heterocycles. The second kappa shape index (κ2) is 3.73. The van der Waals surface area contributed by atoms with Crippen molar-refractivity contribution >= 4 is 11.6 Å². The van der Waals surface area contributed by atoms with Crippen molar-refractivity contribution in [1.82, 2.24) is 0 Å². The number of aliphatic hydroxyl groups excluding tert-OH is 3. The molecule has 0 aromatic heterocycles. The minimum atomic E-state index is -1.40. The minimum absolute atomic E-state index is 0.00829. The lowest BCUT2D eigenvalue weighted by molar-refractivity contribution is -0.173. The number of fused-ring (bicyclic) bond motifs is 1. The molecule has 2 rings (SSSR count). The van der Waals surface area contributed by atoms with Gasteiger partial charge in [0.1, 0.15) is 6.10 Å². The van der Waals surface area contributed by atoms with Crippen molar-refractivity contribution in [2.75, 3.05) is 0 Å². The molecular weight excluding hydrogens is 224 g/mol. The number of allylic oxidation sites excluding steroid dienone is 2. The van der Waals surface area contributed by atoms with Crippen molar-refractivity contribution in [3.8, 4) is 0 Å². The zero-order valence-electron chi connectivity index (χ0n) is 9.75. The van der Waals surface area contributed by atoms with Crippen LogP contribution in [0, 0.1) is 11.3 Å². The summed E-state index contributed by atoms with van der Waals surface area (Å²) in [6.07, 6.45) is -2.76. The van der Waals surface area contributed by atoms with Gasteiger partial charge >= 0.3 is 0 Å². The highest BCUT2D eigenvalue weighted by Gasteiger charge is 2.57. The van der Waals surface area contributed by atoms with E-state index in [1.54, 1.807) is 13.8 Å². The quantitative estimate of drug-likeness (QED) is 0.515. The third kappa shape index (κ3) is 1.57. The van der Waals surface area contributed by atoms with Crippen LogP contribution in [0.3, 0.4) is 0 Å². The number of hydrogen-bond donors (Lipinski definition) is 3. The van der Waals surface area contributed by atoms with Gasteiger partial charge in [0.15, 0.2) is 11.6 Å². The van der Waals surface area contributed by atoms with Crippen molar-refractivity contribution in [1.29, 1.82) is 0 Å². The van der Waals surface area contributed by atoms with Crippen molar-refractivity contribution in [2.24, 2.45) is 11.3 Å². The molecule has 2 aliphatic carbocycles. The summed E-state index contributed by atoms with van der Waals surface area (Å²) in [5.41, 5.74) is -0.780. The first-order valence-electron chi connectivity index (χ1n) is 5.60. The normalized spacial score (nSPS) is 46.5. The SMILES string of the molecule is CC1=CC(=O)[C@H]2[C@@H](O)[C@H](O)[C@H](O)C[C@@]2(C)C1=O. The summed E-state index contributed by atoms with van der Waals surface area (Å²) in [7, 11) is 0. The maximum absolute atomic E-state index is 12.1. The van der Waals surface area contributed by atoms with Crippen LogP contribution in [0.2, 0.25) is 0 Å². The Bertz CT molecular complexity index is 413. The number of hydrogen-bond acceptors (Lipinski definition) is 5. The second-order valence-corrected chi connectivity index (χ2v) is 5.21. The summed E-state index contributed by atoms with van der Waals surface area (Å²) in [6, 6.07) is 0. The fraction of sp³-hybridized carbons (Fsp3) is 0.667. The first kappa shape index (κ1) is 12.4. The highest BCUT2D eigenvalue weighted by atomic mass is 16.4. The molecular formula is C12H16O5. The van der Waals surface area contributed by atoms with Gasteiger partial charge in [-0.2, -0.15) is 0 Å². The Hall–Kier alpha value is -1.04. The van der Waals surface area contributed by atoms with Crippen LogP contribution in [0.1, 0.15) is 20.3 Å². The standard InChI is InChI=1S/C12H16O5/c1-5-3-6(13)8-10(16)9(15)7(14)4-12(8,2)11(5)17/h3,7-10,14-16H,4H2,1-2H3/t7-,8+,9-,10-,12-/m1/s1. The smallest absolute Gasteiger partial charge is 0.165 e. The number of aliphatic hydroxyl groups is 3. The summed E-state index contributed by atoms with van der Waals surface area (Å²) in [5.74, 6) is -1.56. The lowest BCUT2D eigenvalue weighted by atomic mass is 9.57. The van der Waals surface area contributed by atoms with Gasteiger partial charge in [-0.05, 0) is 25.0 Å². The van der Waals surface area contributed by atoms with Gasteiger partial charge in [-0.3, -0.25) is 9.59 Å². The maximum Gasteiger partial charge on any atom is 0.165 e. The van der Waals surface area contributed by atoms with E-state index < -0.39 is 29.6 Å². The Labute approximate surface area is 98.8 Å². The lowest BCUT2D eigenvalue weighted by Crippen LogP contribution is -2.61. The van der Waals surface area contributed by atoms with Gasteiger partial charge in [-0.1, -0.05) is 6.92 Å². The van der Waals surface area contributed by atoms with Gasteiger partial charge in [0.2, 0.25) is 0 Å². The molecule has 0 aromatic rings. The van der Waals surface area contributed by atoms with E-state index in [1.807, 2.05) is 0 Å². The molecule has 0 radical (unpaired) electrons. The fourth-order valence-electron chi connectivity index (χ4n) is 3.02. The molecule has 0 aromatic carbocycles. The molecule has 0 unspecified atom stereocenters. The van der Waals surface area contributed by atoms with E-state index in [1.165, 1.54) is 6.08 Å². The van der Waals surface area contributed by atoms with Crippen LogP contribution < -0.4 is 0 Å². The number of ketones is 2. The van der Waals surface area contributed by atoms with Gasteiger partial charge < -0.3 is 15.3 Å². The zero-order chi connectivity index (χ0) is 13.0. The molecule has 3 N–H and O–H groups in total. The Kier molecular flexibility index (Phi) is 2.72. The first-order chi connectivity index (χ1) is 7.79. The Morgan fingerprint density at radius 1 is 1.24 bits per heavy atom. The fourth-order valence-corrected chi connectivity index (χ4v) is 3.02. The average Bonchev–Trinajstić information content (AvgIpc) is 2.23. The molecule has 94 valence electrons. The number of carbonyl (C=O) groups is 2. The number of Topliss-reactive ketones (excluding diaryl/α,β-unsaturated/α-hetero) is 1. The third-order valence-electron chi connectivity index (χ3n) is 3.95. The van der Waals surface area contributed by atoms with E-state index in [0.717, 1.165) is 0 Å². The maximum atomic E-state index is 12.1. The van der Waals surface area contributed by atoms with Crippen LogP contribution in [-0.4, -0.2) is 45.2 Å². The van der Waals surface area contributed by atoms with Crippen LogP contribution in [-0.2, 0) is 9.59 Å². The topological polar surface area (TPSA) is 94.8 Å². The highest BCUT2D eigenvalue weighted by Crippen LogP contribution is 2.46. The van der Waals surface area contributed by atoms with E-state index >= 15 is 0 Å². The second-order valence-electron chi connectivity index (χ2n) is 5.21. The molecule has 0 spiro atoms. The van der Waals surface area contributed by atoms with Gasteiger partial charge in [-0.25, -0.2) is 0 Å². The van der Waals surface area contributed by atoms with Crippen LogP contribution in [0.5, 0.6) is 0 Å². The van der Waals surface area contributed by atoms with Crippen LogP contribution >= 0.6 is 0 Å². The lowest BCUT2D eigenvalue weighted by Gasteiger charge is -2.47. The largest absolute Gasteiger partial charge is 0.390 e. The molecule has 5 nitrogen and oxygen atoms in total. The van der Waals surface area contributed by atoms with Gasteiger partial charge in [0, 0.05) is 5.41 Å². The summed E-state index contributed by atoms with van der Waals surface area (Å²) in [6.45, 7) is 3.11. The summed E-state index contributed by atoms with van der Waals surface area (Å²) < 4.78 is 0. The van der Waals surface area contributed by atoms with E-state index in [-0.39, 0.29) is 18.0 Å². The summed E-state index contributed by atoms with van der Waals surface area (Å²) in [5, 5.41) is 29.1. The molecule has 1 saturated carbocycles. The molecule has 1 fully saturated rings. The molecule has 2 aliphatic rings. The molecule has 0 amide bonds. The molecule has 0 saturated heterocycles. The van der Waals surface area contributed by atoms with Crippen LogP contribution in [0.4, 0.5) is 0 Å². The van der Waals surface area contributed by atoms with Crippen LogP contribution in [0.15, 0.2) is 11.6 Å². The van der Waals surface area contributed by atoms with Crippen molar-refractivity contribution in [2.45, 2.75) is 38.6 Å². The summed E-state index contributed by atoms with van der Waals surface area (Å²) in [4.78, 5) is 24.0. The number of carbonyl (C=O) groups excluding carboxylic acids is 2. The zero-order valence-corrected chi connectivity index (χ0v) is 9.75. The van der Waals surface area contributed by atoms with Gasteiger partial charge in [-0.15, -0.1) is 0 Å². The molecule has 0 bridgehead atoms. The van der Waals surface area contributed by atoms with Crippen molar-refractivity contribution in [3.63, 3.8) is 0 Å². The minimum Gasteiger partial charge on any atom is -0.390 e. The third-order valence-corrected chi connectivity index (χ3v) is 3.95. The average molecular weight is 240 g/mol. The Morgan fingerprint density at radius 3 is 2.41 bits per heavy atom. The van der Waals surface area contributed by atoms with Gasteiger partial charge in [0.25, 0.3) is 0 Å². The monoisotopic (exact) mass is 240 g/mol. The van der Waals surface area contributed by atoms with E-state index in [2.05, 4.69) is 0 Å². The molecule has 0 aliphatic heterocycles. The Balaban J connectivity index is 2.51. The molecule has 5 heteroatoms. The first-order valence-corrected chi connectivity index (χ1v) is 5.60. The predicted molar refractivity (Wildman–Crippen MR) is 58.0 cm³/mol. The predicted octanol–water partition coefficient (Wildman–Crippen LogP) is -0.807.